The van der Waals surface area contributed by atoms with Crippen LogP contribution in [0.1, 0.15) is 19.8 Å². The molecule has 1 aromatic carbocycles. The van der Waals surface area contributed by atoms with Crippen molar-refractivity contribution in [2.75, 3.05) is 19.0 Å². The summed E-state index contributed by atoms with van der Waals surface area (Å²) in [6.45, 7) is 2.53. The maximum absolute atomic E-state index is 13.3. The molecule has 0 spiro atoms. The van der Waals surface area contributed by atoms with Gasteiger partial charge in [0.05, 0.1) is 25.4 Å². The molecule has 1 fully saturated rings. The molecule has 1 heterocycles. The first kappa shape index (κ1) is 14.1. The molecule has 1 saturated heterocycles. The number of methoxy groups -OCH3 is 1. The van der Waals surface area contributed by atoms with Crippen LogP contribution < -0.4 is 15.8 Å². The van der Waals surface area contributed by atoms with E-state index in [1.807, 2.05) is 0 Å². The lowest BCUT2D eigenvalue weighted by atomic mass is 10.1. The van der Waals surface area contributed by atoms with Gasteiger partial charge in [-0.15, -0.1) is 0 Å². The number of nitrogens with one attached hydrogen (secondary N) is 1. The maximum atomic E-state index is 13.3. The van der Waals surface area contributed by atoms with Crippen molar-refractivity contribution in [2.45, 2.75) is 38.0 Å². The third-order valence-electron chi connectivity index (χ3n) is 3.47. The number of anilines is 1. The summed E-state index contributed by atoms with van der Waals surface area (Å²) in [6, 6.07) is 4.72. The van der Waals surface area contributed by atoms with Crippen LogP contribution in [0.15, 0.2) is 18.2 Å². The lowest BCUT2D eigenvalue weighted by molar-refractivity contribution is 0.0460. The number of ether oxygens (including phenoxy) is 2. The average Bonchev–Trinajstić information content (AvgIpc) is 2.84. The molecule has 3 N–H and O–H groups in total. The molecule has 3 atom stereocenters. The van der Waals surface area contributed by atoms with E-state index in [9.17, 15) is 4.39 Å². The third-order valence-corrected chi connectivity index (χ3v) is 3.47. The number of benzene rings is 1. The van der Waals surface area contributed by atoms with Crippen LogP contribution in [-0.2, 0) is 4.74 Å². The molecule has 4 nitrogen and oxygen atoms in total. The van der Waals surface area contributed by atoms with Gasteiger partial charge in [-0.2, -0.15) is 0 Å². The van der Waals surface area contributed by atoms with Crippen molar-refractivity contribution in [2.24, 2.45) is 5.73 Å². The van der Waals surface area contributed by atoms with Gasteiger partial charge in [0.25, 0.3) is 0 Å². The van der Waals surface area contributed by atoms with E-state index in [0.717, 1.165) is 18.5 Å². The van der Waals surface area contributed by atoms with Gasteiger partial charge in [-0.25, -0.2) is 4.39 Å². The number of halogens is 1. The molecule has 1 aliphatic heterocycles. The van der Waals surface area contributed by atoms with E-state index >= 15 is 0 Å². The number of nitrogens with two attached hydrogens (primary N) is 1. The van der Waals surface area contributed by atoms with Crippen LogP contribution in [0.5, 0.6) is 5.75 Å². The molecular weight excluding hydrogens is 247 g/mol. The number of hydrogen-bond acceptors (Lipinski definition) is 4. The van der Waals surface area contributed by atoms with Crippen molar-refractivity contribution in [3.05, 3.63) is 24.0 Å². The Kier molecular flexibility index (Phi) is 4.61. The van der Waals surface area contributed by atoms with E-state index in [0.29, 0.717) is 6.54 Å². The summed E-state index contributed by atoms with van der Waals surface area (Å²) in [5.41, 5.74) is 6.59. The van der Waals surface area contributed by atoms with Gasteiger partial charge in [-0.05, 0) is 31.9 Å². The second-order valence-corrected chi connectivity index (χ2v) is 4.90. The highest BCUT2D eigenvalue weighted by Gasteiger charge is 2.28. The summed E-state index contributed by atoms with van der Waals surface area (Å²) < 4.78 is 24.1. The van der Waals surface area contributed by atoms with Gasteiger partial charge in [-0.1, -0.05) is 0 Å². The van der Waals surface area contributed by atoms with E-state index in [-0.39, 0.29) is 29.8 Å². The molecule has 0 bridgehead atoms. The van der Waals surface area contributed by atoms with Crippen molar-refractivity contribution in [1.29, 1.82) is 0 Å². The summed E-state index contributed by atoms with van der Waals surface area (Å²) >= 11 is 0. The summed E-state index contributed by atoms with van der Waals surface area (Å²) in [6.07, 6.45) is 2.43. The zero-order valence-corrected chi connectivity index (χ0v) is 11.4. The Morgan fingerprint density at radius 2 is 2.32 bits per heavy atom. The predicted octanol–water partition coefficient (Wildman–Crippen LogP) is 2.14. The maximum Gasteiger partial charge on any atom is 0.165 e. The van der Waals surface area contributed by atoms with E-state index in [4.69, 9.17) is 15.2 Å². The largest absolute Gasteiger partial charge is 0.494 e. The highest BCUT2D eigenvalue weighted by atomic mass is 19.1. The monoisotopic (exact) mass is 268 g/mol. The number of rotatable bonds is 5. The van der Waals surface area contributed by atoms with Crippen LogP contribution in [0.2, 0.25) is 0 Å². The lowest BCUT2D eigenvalue weighted by Gasteiger charge is -2.24. The Morgan fingerprint density at radius 3 is 2.89 bits per heavy atom. The molecule has 0 aromatic heterocycles. The second-order valence-electron chi connectivity index (χ2n) is 4.90. The Balaban J connectivity index is 2.05. The smallest absolute Gasteiger partial charge is 0.165 e. The highest BCUT2D eigenvalue weighted by molar-refractivity contribution is 5.49. The minimum atomic E-state index is -0.372. The first-order valence-corrected chi connectivity index (χ1v) is 6.59. The molecule has 5 heteroatoms. The molecular formula is C14H21FN2O2. The normalized spacial score (nSPS) is 24.2. The SMILES string of the molecule is COc1cc(NC(CN)C2CCC(C)O2)ccc1F. The molecule has 0 amide bonds. The summed E-state index contributed by atoms with van der Waals surface area (Å²) in [5.74, 6) is -0.149. The van der Waals surface area contributed by atoms with E-state index in [1.165, 1.54) is 13.2 Å². The standard InChI is InChI=1S/C14H21FN2O2/c1-9-3-6-13(19-9)12(8-16)17-10-4-5-11(15)14(7-10)18-2/h4-5,7,9,12-13,17H,3,6,8,16H2,1-2H3. The molecule has 19 heavy (non-hydrogen) atoms. The van der Waals surface area contributed by atoms with Gasteiger partial charge in [0.2, 0.25) is 0 Å². The van der Waals surface area contributed by atoms with Crippen molar-refractivity contribution in [3.8, 4) is 5.75 Å². The molecule has 1 aromatic rings. The molecule has 106 valence electrons. The van der Waals surface area contributed by atoms with Gasteiger partial charge < -0.3 is 20.5 Å². The Bertz CT molecular complexity index is 428. The zero-order valence-electron chi connectivity index (χ0n) is 11.4. The topological polar surface area (TPSA) is 56.5 Å². The van der Waals surface area contributed by atoms with E-state index in [2.05, 4.69) is 12.2 Å². The zero-order chi connectivity index (χ0) is 13.8. The van der Waals surface area contributed by atoms with Crippen LogP contribution in [0.4, 0.5) is 10.1 Å². The van der Waals surface area contributed by atoms with E-state index in [1.54, 1.807) is 12.1 Å². The summed E-state index contributed by atoms with van der Waals surface area (Å²) in [7, 11) is 1.45. The predicted molar refractivity (Wildman–Crippen MR) is 73.0 cm³/mol. The van der Waals surface area contributed by atoms with Crippen LogP contribution in [0.25, 0.3) is 0 Å². The molecule has 0 aliphatic carbocycles. The Hall–Kier alpha value is -1.33. The fourth-order valence-electron chi connectivity index (χ4n) is 2.40. The fourth-order valence-corrected chi connectivity index (χ4v) is 2.40. The van der Waals surface area contributed by atoms with Gasteiger partial charge in [-0.3, -0.25) is 0 Å². The Labute approximate surface area is 113 Å². The van der Waals surface area contributed by atoms with Gasteiger partial charge in [0.15, 0.2) is 11.6 Å². The summed E-state index contributed by atoms with van der Waals surface area (Å²) in [4.78, 5) is 0. The van der Waals surface area contributed by atoms with Gasteiger partial charge in [0, 0.05) is 18.3 Å². The van der Waals surface area contributed by atoms with Gasteiger partial charge >= 0.3 is 0 Å². The highest BCUT2D eigenvalue weighted by Crippen LogP contribution is 2.26. The first-order valence-electron chi connectivity index (χ1n) is 6.59. The third kappa shape index (κ3) is 3.36. The minimum Gasteiger partial charge on any atom is -0.494 e. The van der Waals surface area contributed by atoms with Crippen LogP contribution in [0, 0.1) is 5.82 Å². The van der Waals surface area contributed by atoms with Crippen molar-refractivity contribution in [1.82, 2.24) is 0 Å². The second kappa shape index (κ2) is 6.21. The number of hydrogen-bond donors (Lipinski definition) is 2. The Morgan fingerprint density at radius 1 is 1.53 bits per heavy atom. The summed E-state index contributed by atoms with van der Waals surface area (Å²) in [5, 5.41) is 3.30. The average molecular weight is 268 g/mol. The molecule has 1 aliphatic rings. The molecule has 3 unspecified atom stereocenters. The van der Waals surface area contributed by atoms with Crippen LogP contribution in [0.3, 0.4) is 0 Å². The quantitative estimate of drug-likeness (QED) is 0.859. The van der Waals surface area contributed by atoms with Crippen molar-refractivity contribution < 1.29 is 13.9 Å². The van der Waals surface area contributed by atoms with Crippen LogP contribution in [-0.4, -0.2) is 31.9 Å². The fraction of sp³-hybridized carbons (Fsp3) is 0.571. The molecule has 0 radical (unpaired) electrons. The molecule has 2 rings (SSSR count). The van der Waals surface area contributed by atoms with Crippen molar-refractivity contribution in [3.63, 3.8) is 0 Å². The van der Waals surface area contributed by atoms with Crippen molar-refractivity contribution >= 4 is 5.69 Å². The van der Waals surface area contributed by atoms with Gasteiger partial charge in [0.1, 0.15) is 0 Å². The first-order chi connectivity index (χ1) is 9.13. The lowest BCUT2D eigenvalue weighted by Crippen LogP contribution is -2.40. The van der Waals surface area contributed by atoms with E-state index < -0.39 is 0 Å². The minimum absolute atomic E-state index is 0.0279. The van der Waals surface area contributed by atoms with Crippen LogP contribution >= 0.6 is 0 Å². The molecule has 0 saturated carbocycles.